The van der Waals surface area contributed by atoms with E-state index in [0.717, 1.165) is 18.0 Å². The standard InChI is InChI=1S/C18H28OSi/c1-15(13-19)12-18(3,4)16(2)14-20(5,6)17-10-8-7-9-11-17/h7-11,19H,1-2,12-14H2,3-6H3. The molecule has 0 aliphatic heterocycles. The zero-order chi connectivity index (χ0) is 15.4. The lowest BCUT2D eigenvalue weighted by Crippen LogP contribution is -2.42. The minimum atomic E-state index is -1.51. The van der Waals surface area contributed by atoms with Crippen LogP contribution in [0.15, 0.2) is 54.6 Å². The molecule has 0 saturated heterocycles. The van der Waals surface area contributed by atoms with Crippen molar-refractivity contribution in [2.75, 3.05) is 6.61 Å². The molecule has 0 atom stereocenters. The van der Waals surface area contributed by atoms with E-state index in [1.54, 1.807) is 0 Å². The maximum Gasteiger partial charge on any atom is 0.0846 e. The van der Waals surface area contributed by atoms with Crippen molar-refractivity contribution in [1.82, 2.24) is 0 Å². The van der Waals surface area contributed by atoms with Gasteiger partial charge >= 0.3 is 0 Å². The van der Waals surface area contributed by atoms with E-state index in [1.807, 2.05) is 0 Å². The molecule has 1 rings (SSSR count). The van der Waals surface area contributed by atoms with Crippen molar-refractivity contribution < 1.29 is 5.11 Å². The molecule has 0 aromatic heterocycles. The van der Waals surface area contributed by atoms with Crippen LogP contribution >= 0.6 is 0 Å². The Kier molecular flexibility index (Phi) is 5.55. The Labute approximate surface area is 125 Å². The van der Waals surface area contributed by atoms with E-state index in [2.05, 4.69) is 70.4 Å². The number of hydrogen-bond acceptors (Lipinski definition) is 1. The van der Waals surface area contributed by atoms with Crippen LogP contribution < -0.4 is 5.19 Å². The Hall–Kier alpha value is -1.12. The van der Waals surface area contributed by atoms with Gasteiger partial charge in [-0.2, -0.15) is 0 Å². The highest BCUT2D eigenvalue weighted by Gasteiger charge is 2.30. The van der Waals surface area contributed by atoms with Crippen molar-refractivity contribution in [3.63, 3.8) is 0 Å². The lowest BCUT2D eigenvalue weighted by atomic mass is 9.80. The van der Waals surface area contributed by atoms with E-state index in [0.29, 0.717) is 0 Å². The third kappa shape index (κ3) is 4.46. The third-order valence-corrected chi connectivity index (χ3v) is 7.29. The molecule has 0 heterocycles. The second-order valence-electron chi connectivity index (χ2n) is 7.00. The van der Waals surface area contributed by atoms with E-state index in [9.17, 15) is 0 Å². The minimum Gasteiger partial charge on any atom is -0.392 e. The molecule has 110 valence electrons. The average Bonchev–Trinajstić information content (AvgIpc) is 2.38. The summed E-state index contributed by atoms with van der Waals surface area (Å²) in [6.07, 6.45) is 0.807. The second-order valence-corrected chi connectivity index (χ2v) is 11.7. The Bertz CT molecular complexity index is 471. The van der Waals surface area contributed by atoms with E-state index in [4.69, 9.17) is 5.11 Å². The van der Waals surface area contributed by atoms with Crippen molar-refractivity contribution in [3.05, 3.63) is 54.6 Å². The average molecular weight is 289 g/mol. The number of benzene rings is 1. The van der Waals surface area contributed by atoms with Gasteiger partial charge in [0, 0.05) is 0 Å². The minimum absolute atomic E-state index is 0.00113. The summed E-state index contributed by atoms with van der Waals surface area (Å²) >= 11 is 0. The first kappa shape index (κ1) is 16.9. The van der Waals surface area contributed by atoms with Crippen molar-refractivity contribution in [2.45, 2.75) is 39.4 Å². The fraction of sp³-hybridized carbons (Fsp3) is 0.444. The molecule has 1 aromatic carbocycles. The maximum atomic E-state index is 9.17. The van der Waals surface area contributed by atoms with Gasteiger partial charge in [-0.15, -0.1) is 0 Å². The zero-order valence-electron chi connectivity index (χ0n) is 13.4. The predicted molar refractivity (Wildman–Crippen MR) is 92.1 cm³/mol. The highest BCUT2D eigenvalue weighted by atomic mass is 28.3. The summed E-state index contributed by atoms with van der Waals surface area (Å²) in [6, 6.07) is 11.8. The van der Waals surface area contributed by atoms with Gasteiger partial charge < -0.3 is 5.11 Å². The monoisotopic (exact) mass is 288 g/mol. The molecule has 0 spiro atoms. The quantitative estimate of drug-likeness (QED) is 0.591. The van der Waals surface area contributed by atoms with E-state index >= 15 is 0 Å². The number of allylic oxidation sites excluding steroid dienone is 1. The molecule has 0 unspecified atom stereocenters. The highest BCUT2D eigenvalue weighted by molar-refractivity contribution is 6.90. The van der Waals surface area contributed by atoms with Crippen molar-refractivity contribution >= 4 is 13.3 Å². The highest BCUT2D eigenvalue weighted by Crippen LogP contribution is 2.36. The lowest BCUT2D eigenvalue weighted by molar-refractivity contribution is 0.311. The molecule has 0 saturated carbocycles. The summed E-state index contributed by atoms with van der Waals surface area (Å²) in [5.74, 6) is 0. The van der Waals surface area contributed by atoms with Crippen LogP contribution in [0.1, 0.15) is 20.3 Å². The van der Waals surface area contributed by atoms with Gasteiger partial charge in [-0.1, -0.05) is 86.8 Å². The van der Waals surface area contributed by atoms with Crippen LogP contribution in [0.2, 0.25) is 19.1 Å². The van der Waals surface area contributed by atoms with Gasteiger partial charge in [0.15, 0.2) is 0 Å². The summed E-state index contributed by atoms with van der Waals surface area (Å²) in [5, 5.41) is 10.6. The first-order chi connectivity index (χ1) is 9.19. The molecule has 1 N–H and O–H groups in total. The van der Waals surface area contributed by atoms with Gasteiger partial charge in [0.25, 0.3) is 0 Å². The number of rotatable bonds is 7. The largest absolute Gasteiger partial charge is 0.392 e. The zero-order valence-corrected chi connectivity index (χ0v) is 14.4. The Morgan fingerprint density at radius 3 is 2.20 bits per heavy atom. The Morgan fingerprint density at radius 2 is 1.70 bits per heavy atom. The molecule has 20 heavy (non-hydrogen) atoms. The molecule has 2 heteroatoms. The molecule has 0 bridgehead atoms. The smallest absolute Gasteiger partial charge is 0.0846 e. The molecular weight excluding hydrogens is 260 g/mol. The third-order valence-electron chi connectivity index (χ3n) is 4.08. The topological polar surface area (TPSA) is 20.2 Å². The van der Waals surface area contributed by atoms with Gasteiger partial charge in [0.1, 0.15) is 0 Å². The summed E-state index contributed by atoms with van der Waals surface area (Å²) < 4.78 is 0. The molecular formula is C18H28OSi. The van der Waals surface area contributed by atoms with E-state index < -0.39 is 8.07 Å². The Morgan fingerprint density at radius 1 is 1.15 bits per heavy atom. The molecule has 1 nitrogen and oxygen atoms in total. The molecule has 0 aliphatic rings. The van der Waals surface area contributed by atoms with Crippen LogP contribution in [0.25, 0.3) is 0 Å². The number of aliphatic hydroxyl groups excluding tert-OH is 1. The van der Waals surface area contributed by atoms with Crippen LogP contribution in [-0.2, 0) is 0 Å². The Balaban J connectivity index is 2.81. The molecule has 0 aliphatic carbocycles. The van der Waals surface area contributed by atoms with Crippen LogP contribution in [0.5, 0.6) is 0 Å². The molecule has 1 aromatic rings. The van der Waals surface area contributed by atoms with Gasteiger partial charge in [-0.3, -0.25) is 0 Å². The summed E-state index contributed by atoms with van der Waals surface area (Å²) in [7, 11) is -1.51. The van der Waals surface area contributed by atoms with Crippen LogP contribution in [0, 0.1) is 5.41 Å². The normalized spacial score (nSPS) is 12.2. The van der Waals surface area contributed by atoms with Gasteiger partial charge in [0.2, 0.25) is 0 Å². The van der Waals surface area contributed by atoms with E-state index in [-0.39, 0.29) is 12.0 Å². The van der Waals surface area contributed by atoms with E-state index in [1.165, 1.54) is 10.8 Å². The summed E-state index contributed by atoms with van der Waals surface area (Å²) in [4.78, 5) is 0. The first-order valence-corrected chi connectivity index (χ1v) is 10.4. The summed E-state index contributed by atoms with van der Waals surface area (Å²) in [5.41, 5.74) is 2.15. The summed E-state index contributed by atoms with van der Waals surface area (Å²) in [6.45, 7) is 17.5. The molecule has 0 radical (unpaired) electrons. The lowest BCUT2D eigenvalue weighted by Gasteiger charge is -2.33. The van der Waals surface area contributed by atoms with Crippen LogP contribution in [0.4, 0.5) is 0 Å². The SMILES string of the molecule is C=C(CO)CC(C)(C)C(=C)C[Si](C)(C)c1ccccc1. The number of hydrogen-bond donors (Lipinski definition) is 1. The van der Waals surface area contributed by atoms with Crippen molar-refractivity contribution in [2.24, 2.45) is 5.41 Å². The van der Waals surface area contributed by atoms with Gasteiger partial charge in [0.05, 0.1) is 14.7 Å². The first-order valence-electron chi connectivity index (χ1n) is 7.20. The predicted octanol–water partition coefficient (Wildman–Crippen LogP) is 4.12. The molecule has 0 amide bonds. The fourth-order valence-electron chi connectivity index (χ4n) is 2.57. The van der Waals surface area contributed by atoms with Gasteiger partial charge in [-0.25, -0.2) is 0 Å². The number of aliphatic hydroxyl groups is 1. The molecule has 0 fully saturated rings. The van der Waals surface area contributed by atoms with Gasteiger partial charge in [-0.05, 0) is 17.9 Å². The fourth-order valence-corrected chi connectivity index (χ4v) is 5.41. The maximum absolute atomic E-state index is 9.17. The van der Waals surface area contributed by atoms with Crippen molar-refractivity contribution in [1.29, 1.82) is 0 Å². The van der Waals surface area contributed by atoms with Crippen molar-refractivity contribution in [3.8, 4) is 0 Å². The van der Waals surface area contributed by atoms with Crippen LogP contribution in [0.3, 0.4) is 0 Å². The second kappa shape index (κ2) is 6.55. The van der Waals surface area contributed by atoms with Crippen LogP contribution in [-0.4, -0.2) is 19.8 Å².